The van der Waals surface area contributed by atoms with E-state index in [4.69, 9.17) is 9.47 Å². The van der Waals surface area contributed by atoms with E-state index in [9.17, 15) is 4.79 Å². The van der Waals surface area contributed by atoms with Crippen LogP contribution < -0.4 is 9.47 Å². The number of hydrogen-bond acceptors (Lipinski definition) is 4. The van der Waals surface area contributed by atoms with Crippen molar-refractivity contribution in [1.82, 2.24) is 4.90 Å². The van der Waals surface area contributed by atoms with Crippen LogP contribution in [0.2, 0.25) is 0 Å². The zero-order valence-electron chi connectivity index (χ0n) is 10.8. The number of fused-ring (bicyclic) bond motifs is 4. The summed E-state index contributed by atoms with van der Waals surface area (Å²) >= 11 is 0. The molecule has 19 heavy (non-hydrogen) atoms. The van der Waals surface area contributed by atoms with E-state index in [-0.39, 0.29) is 12.0 Å². The number of rotatable bonds is 1. The minimum absolute atomic E-state index is 0.119. The molecule has 100 valence electrons. The van der Waals surface area contributed by atoms with E-state index >= 15 is 0 Å². The van der Waals surface area contributed by atoms with E-state index in [1.54, 1.807) is 0 Å². The van der Waals surface area contributed by atoms with E-state index in [1.807, 2.05) is 0 Å². The van der Waals surface area contributed by atoms with Gasteiger partial charge in [-0.1, -0.05) is 0 Å². The van der Waals surface area contributed by atoms with Gasteiger partial charge in [0.05, 0.1) is 0 Å². The second-order valence-corrected chi connectivity index (χ2v) is 5.58. The first-order valence-corrected chi connectivity index (χ1v) is 6.98. The van der Waals surface area contributed by atoms with Crippen molar-refractivity contribution in [2.24, 2.45) is 5.92 Å². The molecule has 1 aromatic rings. The molecule has 3 aliphatic heterocycles. The first kappa shape index (κ1) is 11.3. The largest absolute Gasteiger partial charge is 0.454 e. The lowest BCUT2D eigenvalue weighted by Gasteiger charge is -2.43. The predicted molar refractivity (Wildman–Crippen MR) is 69.4 cm³/mol. The Bertz CT molecular complexity index is 528. The van der Waals surface area contributed by atoms with Gasteiger partial charge < -0.3 is 14.3 Å². The van der Waals surface area contributed by atoms with E-state index in [0.717, 1.165) is 50.1 Å². The van der Waals surface area contributed by atoms with E-state index in [0.29, 0.717) is 6.79 Å². The summed E-state index contributed by atoms with van der Waals surface area (Å²) in [6.07, 6.45) is 4.29. The van der Waals surface area contributed by atoms with Crippen LogP contribution in [0.3, 0.4) is 0 Å². The molecule has 0 radical (unpaired) electrons. The molecule has 0 saturated carbocycles. The lowest BCUT2D eigenvalue weighted by molar-refractivity contribution is -0.114. The SMILES string of the molecule is O=C[C@@H]1CCCN2CCc3cc4c(cc3[C@H]12)OCO4. The maximum atomic E-state index is 11.4. The number of ether oxygens (including phenoxy) is 2. The van der Waals surface area contributed by atoms with Crippen molar-refractivity contribution in [3.8, 4) is 11.5 Å². The van der Waals surface area contributed by atoms with Gasteiger partial charge in [0.15, 0.2) is 11.5 Å². The summed E-state index contributed by atoms with van der Waals surface area (Å²) in [5, 5.41) is 0. The highest BCUT2D eigenvalue weighted by atomic mass is 16.7. The van der Waals surface area contributed by atoms with E-state index in [2.05, 4.69) is 17.0 Å². The maximum Gasteiger partial charge on any atom is 0.231 e. The number of hydrogen-bond donors (Lipinski definition) is 0. The lowest BCUT2D eigenvalue weighted by atomic mass is 9.80. The van der Waals surface area contributed by atoms with Crippen molar-refractivity contribution in [2.75, 3.05) is 19.9 Å². The van der Waals surface area contributed by atoms with Gasteiger partial charge in [-0.2, -0.15) is 0 Å². The third-order valence-electron chi connectivity index (χ3n) is 4.58. The van der Waals surface area contributed by atoms with Gasteiger partial charge in [-0.25, -0.2) is 0 Å². The molecule has 3 heterocycles. The second kappa shape index (κ2) is 4.23. The summed E-state index contributed by atoms with van der Waals surface area (Å²) in [5.41, 5.74) is 2.59. The fraction of sp³-hybridized carbons (Fsp3) is 0.533. The highest BCUT2D eigenvalue weighted by Gasteiger charge is 2.37. The zero-order chi connectivity index (χ0) is 12.8. The molecule has 1 fully saturated rings. The monoisotopic (exact) mass is 259 g/mol. The first-order valence-electron chi connectivity index (χ1n) is 6.98. The Hall–Kier alpha value is -1.55. The molecule has 0 N–H and O–H groups in total. The Morgan fingerprint density at radius 2 is 2.05 bits per heavy atom. The predicted octanol–water partition coefficient (Wildman–Crippen LogP) is 1.92. The number of nitrogens with zero attached hydrogens (tertiary/aromatic N) is 1. The standard InChI is InChI=1S/C15H17NO3/c17-8-11-2-1-4-16-5-3-10-6-13-14(19-9-18-13)7-12(10)15(11)16/h6-8,11,15H,1-5,9H2/t11-,15-/m0/s1. The van der Waals surface area contributed by atoms with Crippen LogP contribution in [0.5, 0.6) is 11.5 Å². The smallest absolute Gasteiger partial charge is 0.231 e. The van der Waals surface area contributed by atoms with Crippen molar-refractivity contribution in [3.63, 3.8) is 0 Å². The molecule has 0 unspecified atom stereocenters. The third-order valence-corrected chi connectivity index (χ3v) is 4.58. The van der Waals surface area contributed by atoms with E-state index < -0.39 is 0 Å². The molecule has 4 rings (SSSR count). The fourth-order valence-corrected chi connectivity index (χ4v) is 3.67. The molecule has 0 spiro atoms. The van der Waals surface area contributed by atoms with E-state index in [1.165, 1.54) is 11.1 Å². The van der Waals surface area contributed by atoms with Gasteiger partial charge in [0.1, 0.15) is 6.29 Å². The summed E-state index contributed by atoms with van der Waals surface area (Å²) in [4.78, 5) is 13.8. The van der Waals surface area contributed by atoms with Crippen LogP contribution in [0.25, 0.3) is 0 Å². The highest BCUT2D eigenvalue weighted by molar-refractivity contribution is 5.59. The van der Waals surface area contributed by atoms with Gasteiger partial charge in [-0.15, -0.1) is 0 Å². The minimum Gasteiger partial charge on any atom is -0.454 e. The number of carbonyl (C=O) groups excluding carboxylic acids is 1. The number of piperidine rings is 1. The summed E-state index contributed by atoms with van der Waals surface area (Å²) in [5.74, 6) is 1.80. The summed E-state index contributed by atoms with van der Waals surface area (Å²) < 4.78 is 10.9. The minimum atomic E-state index is 0.119. The number of benzene rings is 1. The molecule has 3 aliphatic rings. The van der Waals surface area contributed by atoms with Crippen molar-refractivity contribution in [2.45, 2.75) is 25.3 Å². The van der Waals surface area contributed by atoms with Crippen LogP contribution in [-0.2, 0) is 11.2 Å². The molecule has 1 saturated heterocycles. The molecule has 4 nitrogen and oxygen atoms in total. The molecule has 2 atom stereocenters. The van der Waals surface area contributed by atoms with Crippen LogP contribution in [0.15, 0.2) is 12.1 Å². The van der Waals surface area contributed by atoms with Crippen molar-refractivity contribution in [1.29, 1.82) is 0 Å². The normalized spacial score (nSPS) is 28.6. The second-order valence-electron chi connectivity index (χ2n) is 5.58. The molecule has 0 bridgehead atoms. The molecular formula is C15H17NO3. The van der Waals surface area contributed by atoms with Crippen LogP contribution in [0, 0.1) is 5.92 Å². The fourth-order valence-electron chi connectivity index (χ4n) is 3.67. The first-order chi connectivity index (χ1) is 9.36. The van der Waals surface area contributed by atoms with Gasteiger partial charge in [0.25, 0.3) is 0 Å². The Labute approximate surface area is 112 Å². The summed E-state index contributed by atoms with van der Waals surface area (Å²) in [6.45, 7) is 2.45. The average molecular weight is 259 g/mol. The maximum absolute atomic E-state index is 11.4. The molecule has 1 aromatic carbocycles. The average Bonchev–Trinajstić information content (AvgIpc) is 2.91. The third kappa shape index (κ3) is 1.66. The number of aldehydes is 1. The van der Waals surface area contributed by atoms with Crippen LogP contribution in [-0.4, -0.2) is 31.1 Å². The molecule has 0 aliphatic carbocycles. The quantitative estimate of drug-likeness (QED) is 0.722. The van der Waals surface area contributed by atoms with Crippen LogP contribution in [0.4, 0.5) is 0 Å². The highest BCUT2D eigenvalue weighted by Crippen LogP contribution is 2.44. The van der Waals surface area contributed by atoms with Crippen LogP contribution >= 0.6 is 0 Å². The molecule has 0 aromatic heterocycles. The molecular weight excluding hydrogens is 242 g/mol. The van der Waals surface area contributed by atoms with Crippen LogP contribution in [0.1, 0.15) is 30.0 Å². The molecule has 0 amide bonds. The van der Waals surface area contributed by atoms with Gasteiger partial charge in [-0.05, 0) is 49.1 Å². The number of carbonyl (C=O) groups is 1. The molecule has 4 heteroatoms. The van der Waals surface area contributed by atoms with Gasteiger partial charge in [0.2, 0.25) is 6.79 Å². The Morgan fingerprint density at radius 3 is 2.89 bits per heavy atom. The van der Waals surface area contributed by atoms with Gasteiger partial charge in [-0.3, -0.25) is 4.90 Å². The Morgan fingerprint density at radius 1 is 1.21 bits per heavy atom. The zero-order valence-corrected chi connectivity index (χ0v) is 10.8. The van der Waals surface area contributed by atoms with Crippen molar-refractivity contribution >= 4 is 6.29 Å². The van der Waals surface area contributed by atoms with Gasteiger partial charge in [0, 0.05) is 18.5 Å². The van der Waals surface area contributed by atoms with Crippen molar-refractivity contribution in [3.05, 3.63) is 23.3 Å². The summed E-state index contributed by atoms with van der Waals surface area (Å²) in [7, 11) is 0. The topological polar surface area (TPSA) is 38.8 Å². The van der Waals surface area contributed by atoms with Gasteiger partial charge >= 0.3 is 0 Å². The Kier molecular flexibility index (Phi) is 2.52. The lowest BCUT2D eigenvalue weighted by Crippen LogP contribution is -2.43. The summed E-state index contributed by atoms with van der Waals surface area (Å²) in [6, 6.07) is 4.44. The van der Waals surface area contributed by atoms with Crippen molar-refractivity contribution < 1.29 is 14.3 Å². The Balaban J connectivity index is 1.81.